The molecule has 1 aliphatic rings. The summed E-state index contributed by atoms with van der Waals surface area (Å²) in [5.74, 6) is 0.729. The second-order valence-electron chi connectivity index (χ2n) is 5.98. The van der Waals surface area contributed by atoms with Crippen molar-refractivity contribution in [2.45, 2.75) is 25.0 Å². The number of nitrogens with one attached hydrogen (secondary N) is 1. The maximum atomic E-state index is 12.8. The number of likely N-dealkylation sites (N-methyl/N-ethyl adjacent to an activating group) is 1. The molecule has 2 aromatic heterocycles. The van der Waals surface area contributed by atoms with Crippen molar-refractivity contribution in [3.63, 3.8) is 0 Å². The molecule has 128 valence electrons. The number of carbonyl (C=O) groups is 1. The highest BCUT2D eigenvalue weighted by Gasteiger charge is 2.29. The molecule has 0 aliphatic carbocycles. The summed E-state index contributed by atoms with van der Waals surface area (Å²) in [6.07, 6.45) is 7.05. The lowest BCUT2D eigenvalue weighted by Gasteiger charge is -2.33. The maximum Gasteiger partial charge on any atom is 0.244 e. The van der Waals surface area contributed by atoms with Crippen molar-refractivity contribution in [2.75, 3.05) is 20.1 Å². The van der Waals surface area contributed by atoms with E-state index in [2.05, 4.69) is 15.4 Å². The average Bonchev–Trinajstić information content (AvgIpc) is 3.03. The molecule has 1 unspecified atom stereocenters. The van der Waals surface area contributed by atoms with Crippen LogP contribution in [0, 0.1) is 0 Å². The number of carbonyl (C=O) groups excluding carboxylic acids is 1. The number of aryl methyl sites for hydroxylation is 1. The van der Waals surface area contributed by atoms with Gasteiger partial charge in [0.1, 0.15) is 12.1 Å². The van der Waals surface area contributed by atoms with E-state index in [0.717, 1.165) is 18.4 Å². The van der Waals surface area contributed by atoms with E-state index in [1.54, 1.807) is 24.1 Å². The van der Waals surface area contributed by atoms with Crippen LogP contribution in [0.4, 0.5) is 0 Å². The van der Waals surface area contributed by atoms with E-state index in [4.69, 9.17) is 4.74 Å². The fourth-order valence-electron chi connectivity index (χ4n) is 2.99. The van der Waals surface area contributed by atoms with Crippen molar-refractivity contribution in [3.8, 4) is 5.88 Å². The molecule has 1 amide bonds. The lowest BCUT2D eigenvalue weighted by Crippen LogP contribution is -2.46. The molecule has 1 atom stereocenters. The summed E-state index contributed by atoms with van der Waals surface area (Å²) in [7, 11) is 3.65. The molecule has 0 saturated carbocycles. The Hall–Kier alpha value is -2.41. The summed E-state index contributed by atoms with van der Waals surface area (Å²) in [6.45, 7) is 1.38. The zero-order valence-electron chi connectivity index (χ0n) is 14.1. The highest BCUT2D eigenvalue weighted by Crippen LogP contribution is 2.21. The molecule has 1 N–H and O–H groups in total. The molecule has 1 fully saturated rings. The Morgan fingerprint density at radius 3 is 2.75 bits per heavy atom. The predicted octanol–water partition coefficient (Wildman–Crippen LogP) is 1.15. The zero-order valence-corrected chi connectivity index (χ0v) is 14.1. The highest BCUT2D eigenvalue weighted by atomic mass is 16.5. The SMILES string of the molecule is CNC(C(=O)N1CCC(Oc2ccccn2)CC1)c1cnn(C)c1. The normalized spacial score (nSPS) is 16.8. The summed E-state index contributed by atoms with van der Waals surface area (Å²) in [6, 6.07) is 5.28. The molecule has 2 aromatic rings. The lowest BCUT2D eigenvalue weighted by atomic mass is 10.0. The van der Waals surface area contributed by atoms with Crippen molar-refractivity contribution >= 4 is 5.91 Å². The minimum absolute atomic E-state index is 0.0850. The van der Waals surface area contributed by atoms with Crippen LogP contribution in [0.15, 0.2) is 36.8 Å². The van der Waals surface area contributed by atoms with Gasteiger partial charge in [0, 0.05) is 57.0 Å². The van der Waals surface area contributed by atoms with Crippen LogP contribution in [0.1, 0.15) is 24.4 Å². The summed E-state index contributed by atoms with van der Waals surface area (Å²) < 4.78 is 7.59. The number of nitrogens with zero attached hydrogens (tertiary/aromatic N) is 4. The van der Waals surface area contributed by atoms with Crippen LogP contribution in [0.3, 0.4) is 0 Å². The summed E-state index contributed by atoms with van der Waals surface area (Å²) in [5, 5.41) is 7.24. The van der Waals surface area contributed by atoms with Crippen molar-refractivity contribution in [2.24, 2.45) is 7.05 Å². The first-order valence-corrected chi connectivity index (χ1v) is 8.19. The summed E-state index contributed by atoms with van der Waals surface area (Å²) in [5.41, 5.74) is 0.886. The van der Waals surface area contributed by atoms with Crippen LogP contribution in [-0.4, -0.2) is 51.8 Å². The number of likely N-dealkylation sites (tertiary alicyclic amines) is 1. The molecule has 3 rings (SSSR count). The molecule has 24 heavy (non-hydrogen) atoms. The van der Waals surface area contributed by atoms with E-state index in [-0.39, 0.29) is 18.1 Å². The minimum Gasteiger partial charge on any atom is -0.474 e. The van der Waals surface area contributed by atoms with E-state index in [1.807, 2.05) is 36.3 Å². The lowest BCUT2D eigenvalue weighted by molar-refractivity contribution is -0.135. The van der Waals surface area contributed by atoms with E-state index in [0.29, 0.717) is 19.0 Å². The van der Waals surface area contributed by atoms with Gasteiger partial charge in [-0.15, -0.1) is 0 Å². The van der Waals surface area contributed by atoms with E-state index in [1.165, 1.54) is 0 Å². The number of rotatable bonds is 5. The number of hydrogen-bond acceptors (Lipinski definition) is 5. The van der Waals surface area contributed by atoms with Crippen LogP contribution in [0.5, 0.6) is 5.88 Å². The van der Waals surface area contributed by atoms with Gasteiger partial charge in [-0.1, -0.05) is 6.07 Å². The van der Waals surface area contributed by atoms with Crippen molar-refractivity contribution in [1.82, 2.24) is 25.0 Å². The maximum absolute atomic E-state index is 12.8. The van der Waals surface area contributed by atoms with Crippen LogP contribution in [0.25, 0.3) is 0 Å². The fourth-order valence-corrected chi connectivity index (χ4v) is 2.99. The van der Waals surface area contributed by atoms with Gasteiger partial charge in [-0.2, -0.15) is 5.10 Å². The van der Waals surface area contributed by atoms with Gasteiger partial charge in [0.15, 0.2) is 0 Å². The van der Waals surface area contributed by atoms with Gasteiger partial charge >= 0.3 is 0 Å². The topological polar surface area (TPSA) is 72.3 Å². The monoisotopic (exact) mass is 329 g/mol. The Morgan fingerprint density at radius 1 is 1.38 bits per heavy atom. The van der Waals surface area contributed by atoms with Gasteiger partial charge in [-0.3, -0.25) is 9.48 Å². The fraction of sp³-hybridized carbons (Fsp3) is 0.471. The Morgan fingerprint density at radius 2 is 2.17 bits per heavy atom. The number of pyridine rings is 1. The number of aromatic nitrogens is 3. The van der Waals surface area contributed by atoms with Crippen LogP contribution in [-0.2, 0) is 11.8 Å². The second-order valence-corrected chi connectivity index (χ2v) is 5.98. The zero-order chi connectivity index (χ0) is 16.9. The minimum atomic E-state index is -0.355. The van der Waals surface area contributed by atoms with E-state index < -0.39 is 0 Å². The first-order valence-electron chi connectivity index (χ1n) is 8.19. The Labute approximate surface area is 141 Å². The van der Waals surface area contributed by atoms with E-state index in [9.17, 15) is 4.79 Å². The average molecular weight is 329 g/mol. The smallest absolute Gasteiger partial charge is 0.244 e. The molecule has 0 bridgehead atoms. The summed E-state index contributed by atoms with van der Waals surface area (Å²) >= 11 is 0. The Bertz CT molecular complexity index is 665. The van der Waals surface area contributed by atoms with Crippen molar-refractivity contribution in [3.05, 3.63) is 42.4 Å². The quantitative estimate of drug-likeness (QED) is 0.891. The van der Waals surface area contributed by atoms with E-state index >= 15 is 0 Å². The van der Waals surface area contributed by atoms with Crippen molar-refractivity contribution in [1.29, 1.82) is 0 Å². The summed E-state index contributed by atoms with van der Waals surface area (Å²) in [4.78, 5) is 18.9. The van der Waals surface area contributed by atoms with Crippen LogP contribution >= 0.6 is 0 Å². The molecular weight excluding hydrogens is 306 g/mol. The first kappa shape index (κ1) is 16.4. The molecule has 7 heteroatoms. The molecule has 1 aliphatic heterocycles. The largest absolute Gasteiger partial charge is 0.474 e. The molecule has 0 spiro atoms. The molecule has 7 nitrogen and oxygen atoms in total. The van der Waals surface area contributed by atoms with Gasteiger partial charge in [-0.05, 0) is 13.1 Å². The highest BCUT2D eigenvalue weighted by molar-refractivity contribution is 5.83. The van der Waals surface area contributed by atoms with Gasteiger partial charge in [0.05, 0.1) is 6.20 Å². The van der Waals surface area contributed by atoms with Gasteiger partial charge in [0.2, 0.25) is 11.8 Å². The molecule has 3 heterocycles. The third-order valence-electron chi connectivity index (χ3n) is 4.27. The van der Waals surface area contributed by atoms with Gasteiger partial charge < -0.3 is 15.0 Å². The Balaban J connectivity index is 1.56. The molecule has 1 saturated heterocycles. The molecule has 0 aromatic carbocycles. The number of amides is 1. The third kappa shape index (κ3) is 3.73. The molecule has 0 radical (unpaired) electrons. The number of ether oxygens (including phenoxy) is 1. The van der Waals surface area contributed by atoms with Gasteiger partial charge in [0.25, 0.3) is 0 Å². The second kappa shape index (κ2) is 7.44. The third-order valence-corrected chi connectivity index (χ3v) is 4.27. The van der Waals surface area contributed by atoms with Crippen molar-refractivity contribution < 1.29 is 9.53 Å². The molecular formula is C17H23N5O2. The first-order chi connectivity index (χ1) is 11.7. The predicted molar refractivity (Wildman–Crippen MR) is 89.5 cm³/mol. The van der Waals surface area contributed by atoms with Crippen LogP contribution < -0.4 is 10.1 Å². The van der Waals surface area contributed by atoms with Crippen LogP contribution in [0.2, 0.25) is 0 Å². The Kier molecular flexibility index (Phi) is 5.10. The number of piperidine rings is 1. The number of hydrogen-bond donors (Lipinski definition) is 1. The standard InChI is InChI=1S/C17H23N5O2/c1-18-16(13-11-20-21(2)12-13)17(23)22-9-6-14(7-10-22)24-15-5-3-4-8-19-15/h3-5,8,11-12,14,16,18H,6-7,9-10H2,1-2H3. The van der Waals surface area contributed by atoms with Gasteiger partial charge in [-0.25, -0.2) is 4.98 Å².